The lowest BCUT2D eigenvalue weighted by molar-refractivity contribution is 0.476. The molecule has 0 spiro atoms. The highest BCUT2D eigenvalue weighted by Crippen LogP contribution is 2.22. The Bertz CT molecular complexity index is 485. The molecular formula is C10H9BrN2O. The molecule has 14 heavy (non-hydrogen) atoms. The molecule has 4 heteroatoms. The number of aromatic nitrogens is 2. The number of hydrogen-bond donors (Lipinski definition) is 1. The van der Waals surface area contributed by atoms with E-state index in [1.165, 1.54) is 0 Å². The van der Waals surface area contributed by atoms with Gasteiger partial charge < -0.3 is 5.11 Å². The quantitative estimate of drug-likeness (QED) is 0.794. The number of rotatable bonds is 1. The van der Waals surface area contributed by atoms with Crippen molar-refractivity contribution < 1.29 is 5.11 Å². The fourth-order valence-electron chi connectivity index (χ4n) is 1.42. The zero-order chi connectivity index (χ0) is 10.1. The van der Waals surface area contributed by atoms with Gasteiger partial charge in [-0.25, -0.2) is 9.97 Å². The number of nitrogens with zero attached hydrogens (tertiary/aromatic N) is 2. The van der Waals surface area contributed by atoms with Gasteiger partial charge in [-0.1, -0.05) is 6.92 Å². The van der Waals surface area contributed by atoms with Gasteiger partial charge in [0, 0.05) is 5.39 Å². The van der Waals surface area contributed by atoms with Gasteiger partial charge in [0.1, 0.15) is 5.75 Å². The van der Waals surface area contributed by atoms with Gasteiger partial charge in [-0.15, -0.1) is 0 Å². The highest BCUT2D eigenvalue weighted by Gasteiger charge is 2.05. The normalized spacial score (nSPS) is 10.7. The molecule has 0 aliphatic carbocycles. The summed E-state index contributed by atoms with van der Waals surface area (Å²) in [5, 5.41) is 10.3. The molecule has 0 unspecified atom stereocenters. The molecule has 0 bridgehead atoms. The molecule has 2 aromatic rings. The molecule has 0 saturated carbocycles. The Morgan fingerprint density at radius 3 is 2.86 bits per heavy atom. The zero-order valence-electron chi connectivity index (χ0n) is 7.66. The summed E-state index contributed by atoms with van der Waals surface area (Å²) in [7, 11) is 0. The number of benzene rings is 1. The molecule has 1 N–H and O–H groups in total. The molecule has 0 amide bonds. The van der Waals surface area contributed by atoms with E-state index < -0.39 is 0 Å². The summed E-state index contributed by atoms with van der Waals surface area (Å²) >= 11 is 3.26. The molecule has 0 aliphatic heterocycles. The van der Waals surface area contributed by atoms with Gasteiger partial charge in [0.2, 0.25) is 0 Å². The van der Waals surface area contributed by atoms with Crippen LogP contribution in [0.25, 0.3) is 10.9 Å². The van der Waals surface area contributed by atoms with Crippen molar-refractivity contribution in [2.75, 3.05) is 0 Å². The second-order valence-electron chi connectivity index (χ2n) is 2.99. The first kappa shape index (κ1) is 9.40. The van der Waals surface area contributed by atoms with Crippen molar-refractivity contribution in [3.05, 3.63) is 28.6 Å². The predicted octanol–water partition coefficient (Wildman–Crippen LogP) is 2.66. The Kier molecular flexibility index (Phi) is 2.37. The van der Waals surface area contributed by atoms with Gasteiger partial charge in [-0.3, -0.25) is 0 Å². The summed E-state index contributed by atoms with van der Waals surface area (Å²) < 4.78 is 0.590. The average Bonchev–Trinajstić information content (AvgIpc) is 2.17. The summed E-state index contributed by atoms with van der Waals surface area (Å²) in [6, 6.07) is 5.11. The van der Waals surface area contributed by atoms with Crippen molar-refractivity contribution in [2.24, 2.45) is 0 Å². The molecule has 1 aromatic heterocycles. The van der Waals surface area contributed by atoms with Gasteiger partial charge in [0.05, 0.1) is 11.2 Å². The Balaban J connectivity index is 2.81. The first-order valence-electron chi connectivity index (χ1n) is 4.36. The molecule has 0 saturated heterocycles. The van der Waals surface area contributed by atoms with Crippen LogP contribution in [-0.4, -0.2) is 15.1 Å². The molecule has 0 atom stereocenters. The first-order valence-corrected chi connectivity index (χ1v) is 5.15. The summed E-state index contributed by atoms with van der Waals surface area (Å²) in [5.41, 5.74) is 1.79. The monoisotopic (exact) mass is 252 g/mol. The highest BCUT2D eigenvalue weighted by atomic mass is 79.9. The van der Waals surface area contributed by atoms with Gasteiger partial charge in [0.25, 0.3) is 0 Å². The van der Waals surface area contributed by atoms with E-state index in [2.05, 4.69) is 25.9 Å². The van der Waals surface area contributed by atoms with Crippen LogP contribution < -0.4 is 0 Å². The van der Waals surface area contributed by atoms with Crippen molar-refractivity contribution in [2.45, 2.75) is 13.3 Å². The standard InChI is InChI=1S/C10H9BrN2O/c1-2-8-7-5-6(14)3-4-9(7)13-10(11)12-8/h3-5,14H,2H2,1H3. The zero-order valence-corrected chi connectivity index (χ0v) is 9.24. The molecule has 1 aromatic carbocycles. The van der Waals surface area contributed by atoms with Gasteiger partial charge in [-0.2, -0.15) is 0 Å². The minimum atomic E-state index is 0.248. The van der Waals surface area contributed by atoms with Crippen LogP contribution in [-0.2, 0) is 6.42 Å². The maximum atomic E-state index is 9.35. The lowest BCUT2D eigenvalue weighted by Crippen LogP contribution is -1.93. The maximum absolute atomic E-state index is 9.35. The maximum Gasteiger partial charge on any atom is 0.197 e. The van der Waals surface area contributed by atoms with Crippen LogP contribution in [0.4, 0.5) is 0 Å². The SMILES string of the molecule is CCc1nc(Br)nc2ccc(O)cc12. The molecular weight excluding hydrogens is 244 g/mol. The van der Waals surface area contributed by atoms with Crippen LogP contribution in [0.3, 0.4) is 0 Å². The van der Waals surface area contributed by atoms with Crippen LogP contribution in [0, 0.1) is 0 Å². The third-order valence-corrected chi connectivity index (χ3v) is 2.42. The number of aryl methyl sites for hydroxylation is 1. The molecule has 0 radical (unpaired) electrons. The van der Waals surface area contributed by atoms with Crippen molar-refractivity contribution >= 4 is 26.8 Å². The summed E-state index contributed by atoms with van der Waals surface area (Å²) in [6.07, 6.45) is 0.821. The third-order valence-electron chi connectivity index (χ3n) is 2.07. The average molecular weight is 253 g/mol. The smallest absolute Gasteiger partial charge is 0.197 e. The minimum absolute atomic E-state index is 0.248. The van der Waals surface area contributed by atoms with Crippen molar-refractivity contribution in [3.63, 3.8) is 0 Å². The van der Waals surface area contributed by atoms with Gasteiger partial charge >= 0.3 is 0 Å². The second kappa shape index (κ2) is 3.53. The van der Waals surface area contributed by atoms with E-state index in [0.717, 1.165) is 23.0 Å². The molecule has 72 valence electrons. The lowest BCUT2D eigenvalue weighted by Gasteiger charge is -2.03. The minimum Gasteiger partial charge on any atom is -0.508 e. The second-order valence-corrected chi connectivity index (χ2v) is 3.70. The number of hydrogen-bond acceptors (Lipinski definition) is 3. The number of fused-ring (bicyclic) bond motifs is 1. The predicted molar refractivity (Wildman–Crippen MR) is 58.3 cm³/mol. The topological polar surface area (TPSA) is 46.0 Å². The van der Waals surface area contributed by atoms with Gasteiger partial charge in [-0.05, 0) is 40.5 Å². The van der Waals surface area contributed by atoms with E-state index in [1.807, 2.05) is 6.92 Å². The summed E-state index contributed by atoms with van der Waals surface area (Å²) in [6.45, 7) is 2.03. The fraction of sp³-hybridized carbons (Fsp3) is 0.200. The van der Waals surface area contributed by atoms with Crippen molar-refractivity contribution in [1.29, 1.82) is 0 Å². The number of phenols is 1. The largest absolute Gasteiger partial charge is 0.508 e. The van der Waals surface area contributed by atoms with Crippen LogP contribution in [0.5, 0.6) is 5.75 Å². The van der Waals surface area contributed by atoms with Gasteiger partial charge in [0.15, 0.2) is 4.73 Å². The molecule has 1 heterocycles. The van der Waals surface area contributed by atoms with Crippen LogP contribution in [0.1, 0.15) is 12.6 Å². The van der Waals surface area contributed by atoms with Crippen molar-refractivity contribution in [3.8, 4) is 5.75 Å². The fourth-order valence-corrected chi connectivity index (χ4v) is 1.82. The van der Waals surface area contributed by atoms with Crippen molar-refractivity contribution in [1.82, 2.24) is 9.97 Å². The molecule has 2 rings (SSSR count). The van der Waals surface area contributed by atoms with E-state index in [9.17, 15) is 5.11 Å². The van der Waals surface area contributed by atoms with Crippen LogP contribution in [0.2, 0.25) is 0 Å². The number of halogens is 1. The van der Waals surface area contributed by atoms with E-state index in [0.29, 0.717) is 4.73 Å². The van der Waals surface area contributed by atoms with Crippen LogP contribution in [0.15, 0.2) is 22.9 Å². The Morgan fingerprint density at radius 1 is 1.36 bits per heavy atom. The Labute approximate surface area is 89.9 Å². The van der Waals surface area contributed by atoms with E-state index in [1.54, 1.807) is 18.2 Å². The third kappa shape index (κ3) is 1.57. The van der Waals surface area contributed by atoms with E-state index >= 15 is 0 Å². The van der Waals surface area contributed by atoms with Crippen LogP contribution >= 0.6 is 15.9 Å². The first-order chi connectivity index (χ1) is 6.70. The van der Waals surface area contributed by atoms with E-state index in [-0.39, 0.29) is 5.75 Å². The summed E-state index contributed by atoms with van der Waals surface area (Å²) in [4.78, 5) is 8.48. The molecule has 3 nitrogen and oxygen atoms in total. The number of phenolic OH excluding ortho intramolecular Hbond substituents is 1. The molecule has 0 aliphatic rings. The lowest BCUT2D eigenvalue weighted by atomic mass is 10.1. The number of aromatic hydroxyl groups is 1. The van der Waals surface area contributed by atoms with E-state index in [4.69, 9.17) is 0 Å². The highest BCUT2D eigenvalue weighted by molar-refractivity contribution is 9.10. The summed E-state index contributed by atoms with van der Waals surface area (Å²) in [5.74, 6) is 0.248. The molecule has 0 fully saturated rings. The Morgan fingerprint density at radius 2 is 2.14 bits per heavy atom. The Hall–Kier alpha value is -1.16.